The van der Waals surface area contributed by atoms with Gasteiger partial charge in [-0.15, -0.1) is 0 Å². The number of fused-ring (bicyclic) bond motifs is 2. The van der Waals surface area contributed by atoms with Gasteiger partial charge in [0, 0.05) is 10.7 Å². The summed E-state index contributed by atoms with van der Waals surface area (Å²) in [6.07, 6.45) is 0. The number of anilines is 2. The van der Waals surface area contributed by atoms with Crippen LogP contribution in [0.5, 0.6) is 0 Å². The molecule has 112 valence electrons. The third-order valence-corrected chi connectivity index (χ3v) is 4.11. The zero-order valence-electron chi connectivity index (χ0n) is 11.9. The van der Waals surface area contributed by atoms with Gasteiger partial charge in [-0.2, -0.15) is 0 Å². The second-order valence-electron chi connectivity index (χ2n) is 5.18. The van der Waals surface area contributed by atoms with E-state index < -0.39 is 0 Å². The van der Waals surface area contributed by atoms with Crippen molar-refractivity contribution in [2.24, 2.45) is 0 Å². The van der Waals surface area contributed by atoms with Gasteiger partial charge in [0.05, 0.1) is 11.0 Å². The van der Waals surface area contributed by atoms with E-state index in [9.17, 15) is 0 Å². The summed E-state index contributed by atoms with van der Waals surface area (Å²) in [5.74, 6) is 0.525. The number of nitrogens with one attached hydrogen (secondary N) is 1. The van der Waals surface area contributed by atoms with Crippen LogP contribution in [-0.4, -0.2) is 9.97 Å². The Morgan fingerprint density at radius 3 is 2.00 bits per heavy atom. The van der Waals surface area contributed by atoms with Crippen molar-refractivity contribution in [3.63, 3.8) is 0 Å². The van der Waals surface area contributed by atoms with Crippen LogP contribution in [0.25, 0.3) is 21.8 Å². The van der Waals surface area contributed by atoms with E-state index in [4.69, 9.17) is 23.2 Å². The maximum Gasteiger partial charge on any atom is 0.172 e. The van der Waals surface area contributed by atoms with Crippen LogP contribution >= 0.6 is 23.2 Å². The van der Waals surface area contributed by atoms with Crippen LogP contribution in [-0.2, 0) is 0 Å². The Hall–Kier alpha value is -2.36. The molecule has 0 amide bonds. The van der Waals surface area contributed by atoms with E-state index in [2.05, 4.69) is 21.4 Å². The zero-order chi connectivity index (χ0) is 15.8. The van der Waals surface area contributed by atoms with Crippen LogP contribution < -0.4 is 5.32 Å². The molecule has 0 spiro atoms. The molecule has 0 bridgehead atoms. The second kappa shape index (κ2) is 5.69. The summed E-state index contributed by atoms with van der Waals surface area (Å²) in [7, 11) is 0. The average molecular weight is 340 g/mol. The van der Waals surface area contributed by atoms with E-state index in [1.807, 2.05) is 42.5 Å². The molecule has 5 heteroatoms. The number of hydrogen-bond donors (Lipinski definition) is 1. The molecule has 0 unspecified atom stereocenters. The highest BCUT2D eigenvalue weighted by molar-refractivity contribution is 6.32. The first-order valence-electron chi connectivity index (χ1n) is 7.08. The number of benzene rings is 3. The highest BCUT2D eigenvalue weighted by Crippen LogP contribution is 2.27. The third kappa shape index (κ3) is 2.81. The molecule has 3 aromatic carbocycles. The molecule has 0 aliphatic carbocycles. The molecule has 3 nitrogen and oxygen atoms in total. The molecule has 0 saturated carbocycles. The van der Waals surface area contributed by atoms with Crippen LogP contribution in [0, 0.1) is 0 Å². The first kappa shape index (κ1) is 14.2. The predicted octanol–water partition coefficient (Wildman–Crippen LogP) is 5.83. The monoisotopic (exact) mass is 339 g/mol. The molecule has 1 N–H and O–H groups in total. The minimum absolute atomic E-state index is 0.336. The van der Waals surface area contributed by atoms with Crippen LogP contribution in [0.15, 0.2) is 60.7 Å². The lowest BCUT2D eigenvalue weighted by Gasteiger charge is -2.09. The Morgan fingerprint density at radius 1 is 0.739 bits per heavy atom. The summed E-state index contributed by atoms with van der Waals surface area (Å²) in [4.78, 5) is 9.06. The van der Waals surface area contributed by atoms with E-state index in [-0.39, 0.29) is 0 Å². The van der Waals surface area contributed by atoms with Crippen molar-refractivity contribution < 1.29 is 0 Å². The number of aromatic nitrogens is 2. The summed E-state index contributed by atoms with van der Waals surface area (Å²) >= 11 is 12.2. The Bertz CT molecular complexity index is 1010. The molecule has 1 heterocycles. The van der Waals surface area contributed by atoms with Gasteiger partial charge in [0.25, 0.3) is 0 Å². The largest absolute Gasteiger partial charge is 0.338 e. The summed E-state index contributed by atoms with van der Waals surface area (Å²) in [5.41, 5.74) is 2.42. The summed E-state index contributed by atoms with van der Waals surface area (Å²) < 4.78 is 0. The van der Waals surface area contributed by atoms with E-state index in [0.29, 0.717) is 16.0 Å². The molecule has 0 fully saturated rings. The smallest absolute Gasteiger partial charge is 0.172 e. The van der Waals surface area contributed by atoms with Crippen molar-refractivity contribution in [1.82, 2.24) is 9.97 Å². The second-order valence-corrected chi connectivity index (χ2v) is 5.98. The maximum atomic E-state index is 6.27. The quantitative estimate of drug-likeness (QED) is 0.466. The molecule has 4 aromatic rings. The third-order valence-electron chi connectivity index (χ3n) is 3.60. The fourth-order valence-electron chi connectivity index (χ4n) is 2.47. The number of halogens is 2. The van der Waals surface area contributed by atoms with Gasteiger partial charge in [-0.25, -0.2) is 9.97 Å². The normalized spacial score (nSPS) is 11.0. The Kier molecular flexibility index (Phi) is 3.52. The SMILES string of the molecule is Clc1ccc(Nc2nc3cc4ccccc4cc3nc2Cl)cc1. The van der Waals surface area contributed by atoms with Crippen molar-refractivity contribution in [3.8, 4) is 0 Å². The summed E-state index contributed by atoms with van der Waals surface area (Å²) in [5, 5.41) is 6.42. The summed E-state index contributed by atoms with van der Waals surface area (Å²) in [6, 6.07) is 19.5. The van der Waals surface area contributed by atoms with Crippen LogP contribution in [0.1, 0.15) is 0 Å². The van der Waals surface area contributed by atoms with Gasteiger partial charge in [0.2, 0.25) is 0 Å². The van der Waals surface area contributed by atoms with Crippen LogP contribution in [0.4, 0.5) is 11.5 Å². The van der Waals surface area contributed by atoms with Gasteiger partial charge >= 0.3 is 0 Å². The first-order chi connectivity index (χ1) is 11.2. The van der Waals surface area contributed by atoms with Crippen molar-refractivity contribution in [2.75, 3.05) is 5.32 Å². The van der Waals surface area contributed by atoms with Gasteiger partial charge in [-0.1, -0.05) is 47.5 Å². The van der Waals surface area contributed by atoms with Gasteiger partial charge in [0.15, 0.2) is 11.0 Å². The fraction of sp³-hybridized carbons (Fsp3) is 0. The maximum absolute atomic E-state index is 6.27. The lowest BCUT2D eigenvalue weighted by atomic mass is 10.1. The summed E-state index contributed by atoms with van der Waals surface area (Å²) in [6.45, 7) is 0. The molecule has 23 heavy (non-hydrogen) atoms. The minimum Gasteiger partial charge on any atom is -0.338 e. The lowest BCUT2D eigenvalue weighted by Crippen LogP contribution is -1.97. The van der Waals surface area contributed by atoms with E-state index in [1.165, 1.54) is 0 Å². The molecule has 0 atom stereocenters. The van der Waals surface area contributed by atoms with Gasteiger partial charge in [-0.3, -0.25) is 0 Å². The highest BCUT2D eigenvalue weighted by Gasteiger charge is 2.08. The Morgan fingerprint density at radius 2 is 1.35 bits per heavy atom. The van der Waals surface area contributed by atoms with E-state index >= 15 is 0 Å². The van der Waals surface area contributed by atoms with Crippen molar-refractivity contribution in [2.45, 2.75) is 0 Å². The van der Waals surface area contributed by atoms with E-state index in [0.717, 1.165) is 27.5 Å². The zero-order valence-corrected chi connectivity index (χ0v) is 13.4. The average Bonchev–Trinajstić information content (AvgIpc) is 2.56. The van der Waals surface area contributed by atoms with Crippen molar-refractivity contribution in [1.29, 1.82) is 0 Å². The number of hydrogen-bond acceptors (Lipinski definition) is 3. The number of nitrogens with zero attached hydrogens (tertiary/aromatic N) is 2. The Labute approximate surface area is 142 Å². The molecule has 0 saturated heterocycles. The molecule has 0 aliphatic rings. The van der Waals surface area contributed by atoms with Crippen LogP contribution in [0.3, 0.4) is 0 Å². The van der Waals surface area contributed by atoms with E-state index in [1.54, 1.807) is 12.1 Å². The van der Waals surface area contributed by atoms with Crippen molar-refractivity contribution in [3.05, 3.63) is 70.8 Å². The van der Waals surface area contributed by atoms with Gasteiger partial charge in [-0.05, 0) is 47.2 Å². The topological polar surface area (TPSA) is 37.8 Å². The fourth-order valence-corrected chi connectivity index (χ4v) is 2.78. The standard InChI is InChI=1S/C18H11Cl2N3/c19-13-5-7-14(8-6-13)21-18-17(20)22-15-9-11-3-1-2-4-12(11)10-16(15)23-18/h1-10H,(H,21,23). The van der Waals surface area contributed by atoms with Gasteiger partial charge in [0.1, 0.15) is 0 Å². The first-order valence-corrected chi connectivity index (χ1v) is 7.83. The highest BCUT2D eigenvalue weighted by atomic mass is 35.5. The molecular formula is C18H11Cl2N3. The predicted molar refractivity (Wildman–Crippen MR) is 96.8 cm³/mol. The molecule has 0 aliphatic heterocycles. The molecule has 4 rings (SSSR count). The number of rotatable bonds is 2. The molecular weight excluding hydrogens is 329 g/mol. The van der Waals surface area contributed by atoms with Crippen molar-refractivity contribution >= 4 is 56.5 Å². The molecule has 0 radical (unpaired) electrons. The molecule has 1 aromatic heterocycles. The van der Waals surface area contributed by atoms with Gasteiger partial charge < -0.3 is 5.32 Å². The van der Waals surface area contributed by atoms with Crippen LogP contribution in [0.2, 0.25) is 10.2 Å². The Balaban J connectivity index is 1.81. The minimum atomic E-state index is 0.336. The lowest BCUT2D eigenvalue weighted by molar-refractivity contribution is 1.28.